The van der Waals surface area contributed by atoms with Gasteiger partial charge in [-0.15, -0.1) is 0 Å². The Labute approximate surface area is 191 Å². The van der Waals surface area contributed by atoms with Crippen LogP contribution in [-0.4, -0.2) is 9.79 Å². The number of phosphoric acid groups is 1. The lowest BCUT2D eigenvalue weighted by Crippen LogP contribution is -1.95. The average Bonchev–Trinajstić information content (AvgIpc) is 2.73. The molecule has 0 aliphatic rings. The van der Waals surface area contributed by atoms with Gasteiger partial charge in [0.05, 0.1) is 0 Å². The van der Waals surface area contributed by atoms with Gasteiger partial charge in [-0.3, -0.25) is 9.79 Å². The molecule has 31 heavy (non-hydrogen) atoms. The monoisotopic (exact) mass is 454 g/mol. The predicted molar refractivity (Wildman–Crippen MR) is 132 cm³/mol. The molecule has 4 nitrogen and oxygen atoms in total. The normalized spacial score (nSPS) is 11.7. The Morgan fingerprint density at radius 3 is 1.45 bits per heavy atom. The number of aryl methyl sites for hydroxylation is 1. The van der Waals surface area contributed by atoms with E-state index >= 15 is 0 Å². The van der Waals surface area contributed by atoms with Gasteiger partial charge in [0.2, 0.25) is 0 Å². The largest absolute Gasteiger partial charge is 0.524 e. The van der Waals surface area contributed by atoms with E-state index in [0.717, 1.165) is 24.8 Å². The van der Waals surface area contributed by atoms with Crippen LogP contribution in [-0.2, 0) is 11.0 Å². The molecule has 0 aromatic heterocycles. The van der Waals surface area contributed by atoms with E-state index in [0.29, 0.717) is 5.75 Å². The maximum atomic E-state index is 11.1. The lowest BCUT2D eigenvalue weighted by atomic mass is 10.0. The van der Waals surface area contributed by atoms with Gasteiger partial charge in [0.1, 0.15) is 5.75 Å². The maximum absolute atomic E-state index is 11.1. The predicted octanol–water partition coefficient (Wildman–Crippen LogP) is 8.74. The van der Waals surface area contributed by atoms with Crippen molar-refractivity contribution in [2.24, 2.45) is 0 Å². The zero-order chi connectivity index (χ0) is 22.6. The minimum Gasteiger partial charge on any atom is -0.404 e. The number of phosphoric ester groups is 1. The number of unbranched alkanes of at least 4 members (excludes halogenated alkanes) is 17. The Morgan fingerprint density at radius 2 is 1.03 bits per heavy atom. The van der Waals surface area contributed by atoms with Gasteiger partial charge in [0.15, 0.2) is 0 Å². The van der Waals surface area contributed by atoms with E-state index < -0.39 is 7.82 Å². The summed E-state index contributed by atoms with van der Waals surface area (Å²) >= 11 is 0. The van der Waals surface area contributed by atoms with Crippen LogP contribution in [0.1, 0.15) is 128 Å². The van der Waals surface area contributed by atoms with Crippen molar-refractivity contribution in [1.29, 1.82) is 0 Å². The van der Waals surface area contributed by atoms with Crippen LogP contribution in [0.2, 0.25) is 0 Å². The highest BCUT2D eigenvalue weighted by atomic mass is 31.2. The van der Waals surface area contributed by atoms with Gasteiger partial charge in [-0.25, -0.2) is 4.57 Å². The molecule has 0 atom stereocenters. The highest BCUT2D eigenvalue weighted by Gasteiger charge is 2.17. The quantitative estimate of drug-likeness (QED) is 0.144. The van der Waals surface area contributed by atoms with Gasteiger partial charge in [0, 0.05) is 0 Å². The second-order valence-electron chi connectivity index (χ2n) is 8.95. The molecule has 1 aromatic carbocycles. The van der Waals surface area contributed by atoms with E-state index in [1.165, 1.54) is 103 Å². The fourth-order valence-electron chi connectivity index (χ4n) is 4.14. The molecule has 0 heterocycles. The summed E-state index contributed by atoms with van der Waals surface area (Å²) in [7, 11) is -4.49. The van der Waals surface area contributed by atoms with Crippen LogP contribution in [0.3, 0.4) is 0 Å². The molecule has 0 bridgehead atoms. The van der Waals surface area contributed by atoms with E-state index in [4.69, 9.17) is 14.3 Å². The summed E-state index contributed by atoms with van der Waals surface area (Å²) in [5, 5.41) is 0. The number of hydrogen-bond acceptors (Lipinski definition) is 2. The third-order valence-electron chi connectivity index (χ3n) is 5.99. The van der Waals surface area contributed by atoms with E-state index in [1.54, 1.807) is 12.1 Å². The molecule has 0 unspecified atom stereocenters. The van der Waals surface area contributed by atoms with Crippen LogP contribution in [0.15, 0.2) is 24.3 Å². The van der Waals surface area contributed by atoms with Crippen molar-refractivity contribution in [2.75, 3.05) is 0 Å². The second kappa shape index (κ2) is 18.7. The fourth-order valence-corrected chi connectivity index (χ4v) is 4.58. The van der Waals surface area contributed by atoms with Crippen molar-refractivity contribution in [1.82, 2.24) is 0 Å². The first kappa shape index (κ1) is 28.2. The van der Waals surface area contributed by atoms with E-state index in [2.05, 4.69) is 6.92 Å². The molecular weight excluding hydrogens is 407 g/mol. The zero-order valence-electron chi connectivity index (χ0n) is 19.9. The molecule has 0 aliphatic carbocycles. The van der Waals surface area contributed by atoms with E-state index in [-0.39, 0.29) is 0 Å². The van der Waals surface area contributed by atoms with Crippen molar-refractivity contribution >= 4 is 7.82 Å². The first-order valence-corrected chi connectivity index (χ1v) is 14.4. The Morgan fingerprint density at radius 1 is 0.645 bits per heavy atom. The number of benzene rings is 1. The Bertz CT molecular complexity index is 585. The standard InChI is InChI=1S/C26H47O4P/c1-2-3-4-5-6-7-8-9-10-11-12-13-14-15-16-17-18-19-22-25-23-20-21-24-26(25)30-31(27,28)29/h20-21,23-24H,2-19,22H2,1H3,(H2,27,28,29). The Balaban J connectivity index is 1.88. The van der Waals surface area contributed by atoms with Crippen molar-refractivity contribution in [3.05, 3.63) is 29.8 Å². The fraction of sp³-hybridized carbons (Fsp3) is 0.769. The highest BCUT2D eigenvalue weighted by molar-refractivity contribution is 7.46. The van der Waals surface area contributed by atoms with Crippen molar-refractivity contribution in [3.8, 4) is 5.75 Å². The second-order valence-corrected chi connectivity index (χ2v) is 10.1. The molecule has 5 heteroatoms. The summed E-state index contributed by atoms with van der Waals surface area (Å²) in [4.78, 5) is 18.0. The molecular formula is C26H47O4P. The van der Waals surface area contributed by atoms with Gasteiger partial charge in [-0.2, -0.15) is 0 Å². The minimum atomic E-state index is -4.49. The molecule has 180 valence electrons. The van der Waals surface area contributed by atoms with Crippen LogP contribution in [0.25, 0.3) is 0 Å². The van der Waals surface area contributed by atoms with Crippen molar-refractivity contribution in [3.63, 3.8) is 0 Å². The highest BCUT2D eigenvalue weighted by Crippen LogP contribution is 2.39. The molecule has 0 aliphatic heterocycles. The molecule has 0 amide bonds. The molecule has 0 spiro atoms. The van der Waals surface area contributed by atoms with Gasteiger partial charge in [-0.1, -0.05) is 134 Å². The van der Waals surface area contributed by atoms with Crippen LogP contribution < -0.4 is 4.52 Å². The van der Waals surface area contributed by atoms with Crippen LogP contribution >= 0.6 is 7.82 Å². The first-order valence-electron chi connectivity index (χ1n) is 12.9. The van der Waals surface area contributed by atoms with Gasteiger partial charge in [0.25, 0.3) is 0 Å². The van der Waals surface area contributed by atoms with Crippen LogP contribution in [0.4, 0.5) is 0 Å². The Kier molecular flexibility index (Phi) is 17.0. The molecule has 0 saturated carbocycles. The third-order valence-corrected chi connectivity index (χ3v) is 6.42. The van der Waals surface area contributed by atoms with Crippen LogP contribution in [0.5, 0.6) is 5.75 Å². The van der Waals surface area contributed by atoms with E-state index in [9.17, 15) is 4.57 Å². The molecule has 0 fully saturated rings. The Hall–Kier alpha value is -0.830. The smallest absolute Gasteiger partial charge is 0.404 e. The maximum Gasteiger partial charge on any atom is 0.524 e. The lowest BCUT2D eigenvalue weighted by Gasteiger charge is -2.11. The van der Waals surface area contributed by atoms with E-state index in [1.807, 2.05) is 12.1 Å². The third kappa shape index (κ3) is 17.4. The summed E-state index contributed by atoms with van der Waals surface area (Å²) in [5.74, 6) is 0.308. The molecule has 1 rings (SSSR count). The SMILES string of the molecule is CCCCCCCCCCCCCCCCCCCCc1ccccc1OP(=O)(O)O. The molecule has 0 radical (unpaired) electrons. The van der Waals surface area contributed by atoms with Gasteiger partial charge >= 0.3 is 7.82 Å². The topological polar surface area (TPSA) is 66.8 Å². The van der Waals surface area contributed by atoms with Gasteiger partial charge in [-0.05, 0) is 24.5 Å². The summed E-state index contributed by atoms with van der Waals surface area (Å²) < 4.78 is 15.9. The van der Waals surface area contributed by atoms with Crippen molar-refractivity contribution < 1.29 is 18.9 Å². The minimum absolute atomic E-state index is 0.308. The molecule has 0 saturated heterocycles. The van der Waals surface area contributed by atoms with Crippen molar-refractivity contribution in [2.45, 2.75) is 129 Å². The van der Waals surface area contributed by atoms with Gasteiger partial charge < -0.3 is 4.52 Å². The number of para-hydroxylation sites is 1. The lowest BCUT2D eigenvalue weighted by molar-refractivity contribution is 0.282. The summed E-state index contributed by atoms with van der Waals surface area (Å²) in [6.07, 6.45) is 25.1. The average molecular weight is 455 g/mol. The summed E-state index contributed by atoms with van der Waals surface area (Å²) in [6.45, 7) is 2.28. The van der Waals surface area contributed by atoms with Crippen LogP contribution in [0, 0.1) is 0 Å². The summed E-state index contributed by atoms with van der Waals surface area (Å²) in [5.41, 5.74) is 0.877. The number of rotatable bonds is 21. The number of hydrogen-bond donors (Lipinski definition) is 2. The molecule has 1 aromatic rings. The zero-order valence-corrected chi connectivity index (χ0v) is 20.8. The first-order chi connectivity index (χ1) is 15.0. The summed E-state index contributed by atoms with van der Waals surface area (Å²) in [6, 6.07) is 7.14. The molecule has 2 N–H and O–H groups in total.